The highest BCUT2D eigenvalue weighted by atomic mass is 32.2. The van der Waals surface area contributed by atoms with Gasteiger partial charge in [-0.05, 0) is 31.0 Å². The number of nitrogens with zero attached hydrogens (tertiary/aromatic N) is 1. The summed E-state index contributed by atoms with van der Waals surface area (Å²) < 4.78 is 26.4. The Bertz CT molecular complexity index is 566. The zero-order chi connectivity index (χ0) is 16.0. The zero-order valence-corrected chi connectivity index (χ0v) is 13.6. The van der Waals surface area contributed by atoms with Gasteiger partial charge in [-0.2, -0.15) is 4.31 Å². The van der Waals surface area contributed by atoms with E-state index in [1.54, 1.807) is 26.0 Å². The summed E-state index contributed by atoms with van der Waals surface area (Å²) in [7, 11) is -3.66. The second-order valence-corrected chi connectivity index (χ2v) is 6.94. The molecule has 0 saturated heterocycles. The van der Waals surface area contributed by atoms with Crippen molar-refractivity contribution in [1.82, 2.24) is 4.31 Å². The topological polar surface area (TPSA) is 74.7 Å². The second-order valence-electron chi connectivity index (χ2n) is 5.05. The average Bonchev–Trinajstić information content (AvgIpc) is 2.39. The molecule has 0 aromatic heterocycles. The molecule has 6 heteroatoms. The molecule has 0 spiro atoms. The fourth-order valence-electron chi connectivity index (χ4n) is 2.33. The third-order valence-electron chi connectivity index (χ3n) is 3.34. The molecular weight excluding hydrogens is 290 g/mol. The molecule has 5 nitrogen and oxygen atoms in total. The summed E-state index contributed by atoms with van der Waals surface area (Å²) in [6.07, 6.45) is 1.71. The van der Waals surface area contributed by atoms with Crippen molar-refractivity contribution in [2.24, 2.45) is 0 Å². The van der Waals surface area contributed by atoms with Crippen molar-refractivity contribution in [2.45, 2.75) is 51.0 Å². The number of carboxylic acids is 1. The van der Waals surface area contributed by atoms with Gasteiger partial charge in [-0.15, -0.1) is 0 Å². The highest BCUT2D eigenvalue weighted by molar-refractivity contribution is 7.89. The van der Waals surface area contributed by atoms with Gasteiger partial charge in [0.2, 0.25) is 10.0 Å². The number of rotatable bonds is 8. The van der Waals surface area contributed by atoms with E-state index in [9.17, 15) is 13.2 Å². The molecule has 0 aliphatic carbocycles. The molecule has 0 amide bonds. The number of carboxylic acid groups (broad SMARTS) is 1. The molecule has 0 bridgehead atoms. The van der Waals surface area contributed by atoms with Crippen LogP contribution in [0.25, 0.3) is 0 Å². The highest BCUT2D eigenvalue weighted by Gasteiger charge is 2.28. The Morgan fingerprint density at radius 2 is 1.81 bits per heavy atom. The Labute approximate surface area is 126 Å². The molecule has 1 N–H and O–H groups in total. The quantitative estimate of drug-likeness (QED) is 0.800. The summed E-state index contributed by atoms with van der Waals surface area (Å²) in [5.41, 5.74) is 1.10. The van der Waals surface area contributed by atoms with E-state index in [-0.39, 0.29) is 17.9 Å². The van der Waals surface area contributed by atoms with E-state index in [1.165, 1.54) is 4.31 Å². The van der Waals surface area contributed by atoms with E-state index in [0.29, 0.717) is 0 Å². The number of aryl methyl sites for hydroxylation is 1. The minimum atomic E-state index is -3.66. The maximum atomic E-state index is 12.6. The minimum Gasteiger partial charge on any atom is -0.481 e. The number of hydrogen-bond donors (Lipinski definition) is 1. The van der Waals surface area contributed by atoms with Gasteiger partial charge in [0, 0.05) is 12.6 Å². The van der Waals surface area contributed by atoms with Gasteiger partial charge < -0.3 is 5.11 Å². The molecule has 0 aliphatic rings. The number of benzene rings is 1. The Kier molecular flexibility index (Phi) is 6.36. The molecule has 0 radical (unpaired) electrons. The first-order valence-corrected chi connectivity index (χ1v) is 8.59. The molecule has 1 atom stereocenters. The fraction of sp³-hybridized carbons (Fsp3) is 0.533. The van der Waals surface area contributed by atoms with Crippen molar-refractivity contribution in [3.63, 3.8) is 0 Å². The van der Waals surface area contributed by atoms with Gasteiger partial charge in [0.1, 0.15) is 0 Å². The van der Waals surface area contributed by atoms with Crippen LogP contribution in [0.2, 0.25) is 0 Å². The molecule has 1 aromatic carbocycles. The maximum Gasteiger partial charge on any atom is 0.304 e. The van der Waals surface area contributed by atoms with E-state index in [1.807, 2.05) is 12.1 Å². The SMILES string of the molecule is CCCc1ccc(S(=O)(=O)N(CC)C(C)CC(=O)O)cc1. The van der Waals surface area contributed by atoms with Gasteiger partial charge in [0.15, 0.2) is 0 Å². The van der Waals surface area contributed by atoms with Crippen LogP contribution in [0.5, 0.6) is 0 Å². The second kappa shape index (κ2) is 7.56. The fourth-order valence-corrected chi connectivity index (χ4v) is 3.96. The maximum absolute atomic E-state index is 12.6. The third kappa shape index (κ3) is 4.54. The van der Waals surface area contributed by atoms with E-state index in [2.05, 4.69) is 6.92 Å². The molecule has 1 aromatic rings. The van der Waals surface area contributed by atoms with Crippen LogP contribution in [0, 0.1) is 0 Å². The zero-order valence-electron chi connectivity index (χ0n) is 12.7. The monoisotopic (exact) mass is 313 g/mol. The van der Waals surface area contributed by atoms with Crippen LogP contribution in [-0.2, 0) is 21.2 Å². The Morgan fingerprint density at radius 1 is 1.24 bits per heavy atom. The molecule has 0 aliphatic heterocycles. The van der Waals surface area contributed by atoms with Crippen molar-refractivity contribution in [3.8, 4) is 0 Å². The van der Waals surface area contributed by atoms with Crippen molar-refractivity contribution >= 4 is 16.0 Å². The predicted octanol–water partition coefficient (Wildman–Crippen LogP) is 2.51. The van der Waals surface area contributed by atoms with E-state index in [0.717, 1.165) is 18.4 Å². The highest BCUT2D eigenvalue weighted by Crippen LogP contribution is 2.20. The summed E-state index contributed by atoms with van der Waals surface area (Å²) in [4.78, 5) is 11.0. The average molecular weight is 313 g/mol. The van der Waals surface area contributed by atoms with Crippen molar-refractivity contribution in [1.29, 1.82) is 0 Å². The normalized spacial score (nSPS) is 13.3. The Balaban J connectivity index is 3.03. The van der Waals surface area contributed by atoms with Crippen LogP contribution in [0.1, 0.15) is 39.2 Å². The van der Waals surface area contributed by atoms with Crippen LogP contribution >= 0.6 is 0 Å². The summed E-state index contributed by atoms with van der Waals surface area (Å²) in [6, 6.07) is 6.23. The van der Waals surface area contributed by atoms with Gasteiger partial charge in [-0.25, -0.2) is 8.42 Å². The molecule has 1 unspecified atom stereocenters. The lowest BCUT2D eigenvalue weighted by atomic mass is 10.1. The number of hydrogen-bond acceptors (Lipinski definition) is 3. The van der Waals surface area contributed by atoms with Crippen molar-refractivity contribution in [2.75, 3.05) is 6.54 Å². The first kappa shape index (κ1) is 17.7. The Morgan fingerprint density at radius 3 is 2.24 bits per heavy atom. The first-order valence-electron chi connectivity index (χ1n) is 7.15. The van der Waals surface area contributed by atoms with Gasteiger partial charge in [0.05, 0.1) is 11.3 Å². The molecular formula is C15H23NO4S. The minimum absolute atomic E-state index is 0.207. The molecule has 0 fully saturated rings. The van der Waals surface area contributed by atoms with Crippen LogP contribution in [0.3, 0.4) is 0 Å². The molecule has 21 heavy (non-hydrogen) atoms. The van der Waals surface area contributed by atoms with Crippen molar-refractivity contribution < 1.29 is 18.3 Å². The van der Waals surface area contributed by atoms with Crippen LogP contribution in [0.15, 0.2) is 29.2 Å². The molecule has 118 valence electrons. The van der Waals surface area contributed by atoms with Gasteiger partial charge in [0.25, 0.3) is 0 Å². The summed E-state index contributed by atoms with van der Waals surface area (Å²) >= 11 is 0. The van der Waals surface area contributed by atoms with Crippen LogP contribution in [0.4, 0.5) is 0 Å². The van der Waals surface area contributed by atoms with E-state index >= 15 is 0 Å². The largest absolute Gasteiger partial charge is 0.481 e. The van der Waals surface area contributed by atoms with E-state index in [4.69, 9.17) is 5.11 Å². The number of sulfonamides is 1. The lowest BCUT2D eigenvalue weighted by Crippen LogP contribution is -2.39. The smallest absolute Gasteiger partial charge is 0.304 e. The first-order chi connectivity index (χ1) is 9.82. The molecule has 0 heterocycles. The van der Waals surface area contributed by atoms with Gasteiger partial charge in [-0.3, -0.25) is 4.79 Å². The Hall–Kier alpha value is -1.40. The number of aliphatic carboxylic acids is 1. The third-order valence-corrected chi connectivity index (χ3v) is 5.45. The van der Waals surface area contributed by atoms with Crippen molar-refractivity contribution in [3.05, 3.63) is 29.8 Å². The summed E-state index contributed by atoms with van der Waals surface area (Å²) in [5.74, 6) is -1.01. The summed E-state index contributed by atoms with van der Waals surface area (Å²) in [5, 5.41) is 8.84. The standard InChI is InChI=1S/C15H23NO4S/c1-4-6-13-7-9-14(10-8-13)21(19,20)16(5-2)12(3)11-15(17)18/h7-10,12H,4-6,11H2,1-3H3,(H,17,18). The number of carbonyl (C=O) groups is 1. The summed E-state index contributed by atoms with van der Waals surface area (Å²) in [6.45, 7) is 5.63. The molecule has 0 saturated carbocycles. The van der Waals surface area contributed by atoms with Gasteiger partial charge >= 0.3 is 5.97 Å². The molecule has 1 rings (SSSR count). The van der Waals surface area contributed by atoms with Crippen LogP contribution < -0.4 is 0 Å². The lowest BCUT2D eigenvalue weighted by Gasteiger charge is -2.26. The van der Waals surface area contributed by atoms with Crippen LogP contribution in [-0.4, -0.2) is 36.4 Å². The predicted molar refractivity (Wildman–Crippen MR) is 81.7 cm³/mol. The van der Waals surface area contributed by atoms with Gasteiger partial charge in [-0.1, -0.05) is 32.4 Å². The lowest BCUT2D eigenvalue weighted by molar-refractivity contribution is -0.137. The van der Waals surface area contributed by atoms with E-state index < -0.39 is 22.0 Å².